The molecule has 5 aromatic rings. The fourth-order valence-corrected chi connectivity index (χ4v) is 5.27. The molecule has 0 fully saturated rings. The first-order chi connectivity index (χ1) is 19.6. The SMILES string of the molecule is COc1cc(-n2c(C(C)(C)CCc3cnoc3)c(-c3ccc(C(=O)O)c(OC)c3)c3c(O)c(F)ccc32)ccc1F. The van der Waals surface area contributed by atoms with E-state index < -0.39 is 28.8 Å². The number of halogens is 2. The smallest absolute Gasteiger partial charge is 0.339 e. The number of methoxy groups -OCH3 is 2. The monoisotopic (exact) mass is 562 g/mol. The molecule has 0 spiro atoms. The lowest BCUT2D eigenvalue weighted by atomic mass is 9.79. The number of aromatic carboxylic acids is 1. The van der Waals surface area contributed by atoms with Gasteiger partial charge in [0.2, 0.25) is 0 Å². The van der Waals surface area contributed by atoms with Crippen molar-refractivity contribution >= 4 is 16.9 Å². The molecule has 41 heavy (non-hydrogen) atoms. The molecule has 0 amide bonds. The normalized spacial score (nSPS) is 11.7. The number of ether oxygens (including phenoxy) is 2. The summed E-state index contributed by atoms with van der Waals surface area (Å²) in [6.07, 6.45) is 4.36. The molecule has 10 heteroatoms. The molecule has 5 rings (SSSR count). The highest BCUT2D eigenvalue weighted by Crippen LogP contribution is 2.48. The predicted octanol–water partition coefficient (Wildman–Crippen LogP) is 6.90. The highest BCUT2D eigenvalue weighted by Gasteiger charge is 2.34. The van der Waals surface area contributed by atoms with Gasteiger partial charge in [0.05, 0.1) is 31.3 Å². The van der Waals surface area contributed by atoms with Crippen molar-refractivity contribution in [2.24, 2.45) is 0 Å². The van der Waals surface area contributed by atoms with Gasteiger partial charge >= 0.3 is 5.97 Å². The van der Waals surface area contributed by atoms with Crippen LogP contribution in [-0.4, -0.2) is 40.1 Å². The number of aromatic nitrogens is 2. The van der Waals surface area contributed by atoms with E-state index in [0.29, 0.717) is 40.9 Å². The Morgan fingerprint density at radius 1 is 1.02 bits per heavy atom. The molecule has 0 unspecified atom stereocenters. The van der Waals surface area contributed by atoms with Crippen LogP contribution < -0.4 is 9.47 Å². The van der Waals surface area contributed by atoms with Gasteiger partial charge in [0.25, 0.3) is 0 Å². The van der Waals surface area contributed by atoms with Crippen molar-refractivity contribution < 1.29 is 37.8 Å². The van der Waals surface area contributed by atoms with Gasteiger partial charge in [-0.3, -0.25) is 0 Å². The fraction of sp³-hybridized carbons (Fsp3) is 0.226. The molecule has 0 aliphatic rings. The molecular formula is C31H28F2N2O6. The molecule has 212 valence electrons. The van der Waals surface area contributed by atoms with E-state index in [0.717, 1.165) is 5.56 Å². The summed E-state index contributed by atoms with van der Waals surface area (Å²) in [4.78, 5) is 11.8. The molecule has 0 radical (unpaired) electrons. The number of phenolic OH excluding ortho intramolecular Hbond substituents is 1. The number of fused-ring (bicyclic) bond motifs is 1. The highest BCUT2D eigenvalue weighted by atomic mass is 19.1. The van der Waals surface area contributed by atoms with Gasteiger partial charge in [-0.05, 0) is 54.8 Å². The number of hydrogen-bond donors (Lipinski definition) is 2. The first kappa shape index (κ1) is 27.7. The van der Waals surface area contributed by atoms with E-state index in [4.69, 9.17) is 14.0 Å². The van der Waals surface area contributed by atoms with E-state index in [1.54, 1.807) is 36.7 Å². The summed E-state index contributed by atoms with van der Waals surface area (Å²) >= 11 is 0. The van der Waals surface area contributed by atoms with Crippen LogP contribution in [0.3, 0.4) is 0 Å². The summed E-state index contributed by atoms with van der Waals surface area (Å²) in [7, 11) is 2.73. The van der Waals surface area contributed by atoms with Gasteiger partial charge in [-0.15, -0.1) is 0 Å². The van der Waals surface area contributed by atoms with Gasteiger partial charge < -0.3 is 28.8 Å². The molecule has 2 aromatic heterocycles. The van der Waals surface area contributed by atoms with E-state index in [2.05, 4.69) is 5.16 Å². The Hall–Kier alpha value is -4.86. The van der Waals surface area contributed by atoms with E-state index in [1.165, 1.54) is 38.5 Å². The molecule has 3 aromatic carbocycles. The minimum atomic E-state index is -1.17. The number of benzene rings is 3. The van der Waals surface area contributed by atoms with Crippen LogP contribution in [0.1, 0.15) is 41.9 Å². The summed E-state index contributed by atoms with van der Waals surface area (Å²) < 4.78 is 46.9. The lowest BCUT2D eigenvalue weighted by Crippen LogP contribution is -2.23. The Kier molecular flexibility index (Phi) is 7.17. The Morgan fingerprint density at radius 2 is 1.76 bits per heavy atom. The third-order valence-corrected chi connectivity index (χ3v) is 7.33. The fourth-order valence-electron chi connectivity index (χ4n) is 5.27. The van der Waals surface area contributed by atoms with Crippen LogP contribution in [0.25, 0.3) is 27.7 Å². The summed E-state index contributed by atoms with van der Waals surface area (Å²) in [5.74, 6) is -3.00. The summed E-state index contributed by atoms with van der Waals surface area (Å²) in [6.45, 7) is 4.01. The Labute approximate surface area is 234 Å². The number of hydrogen-bond acceptors (Lipinski definition) is 6. The van der Waals surface area contributed by atoms with Crippen LogP contribution in [-0.2, 0) is 11.8 Å². The molecule has 2 N–H and O–H groups in total. The average Bonchev–Trinajstić information content (AvgIpc) is 3.61. The minimum Gasteiger partial charge on any atom is -0.504 e. The molecule has 2 heterocycles. The minimum absolute atomic E-state index is 0.0120. The van der Waals surface area contributed by atoms with Gasteiger partial charge in [0.15, 0.2) is 23.1 Å². The zero-order chi connectivity index (χ0) is 29.5. The predicted molar refractivity (Wildman–Crippen MR) is 148 cm³/mol. The summed E-state index contributed by atoms with van der Waals surface area (Å²) in [5, 5.41) is 24.8. The van der Waals surface area contributed by atoms with E-state index in [9.17, 15) is 23.8 Å². The summed E-state index contributed by atoms with van der Waals surface area (Å²) in [5.41, 5.74) is 2.80. The number of carboxylic acid groups (broad SMARTS) is 1. The molecule has 0 aliphatic heterocycles. The zero-order valence-electron chi connectivity index (χ0n) is 22.9. The second-order valence-corrected chi connectivity index (χ2v) is 10.3. The van der Waals surface area contributed by atoms with Crippen LogP contribution in [0.5, 0.6) is 17.2 Å². The maximum absolute atomic E-state index is 15.0. The second-order valence-electron chi connectivity index (χ2n) is 10.3. The molecular weight excluding hydrogens is 534 g/mol. The van der Waals surface area contributed by atoms with Gasteiger partial charge in [-0.1, -0.05) is 25.1 Å². The van der Waals surface area contributed by atoms with Crippen LogP contribution in [0.15, 0.2) is 65.5 Å². The Bertz CT molecular complexity index is 1760. The maximum atomic E-state index is 15.0. The molecule has 0 saturated carbocycles. The summed E-state index contributed by atoms with van der Waals surface area (Å²) in [6, 6.07) is 11.7. The van der Waals surface area contributed by atoms with Crippen molar-refractivity contribution in [3.63, 3.8) is 0 Å². The van der Waals surface area contributed by atoms with Gasteiger partial charge in [-0.25, -0.2) is 13.6 Å². The number of carboxylic acids is 1. The average molecular weight is 563 g/mol. The molecule has 0 bridgehead atoms. The van der Waals surface area contributed by atoms with Gasteiger partial charge in [0.1, 0.15) is 17.6 Å². The lowest BCUT2D eigenvalue weighted by molar-refractivity contribution is 0.0693. The van der Waals surface area contributed by atoms with Crippen LogP contribution >= 0.6 is 0 Å². The van der Waals surface area contributed by atoms with Crippen molar-refractivity contribution in [2.45, 2.75) is 32.1 Å². The quantitative estimate of drug-likeness (QED) is 0.201. The lowest BCUT2D eigenvalue weighted by Gasteiger charge is -2.29. The Morgan fingerprint density at radius 3 is 2.41 bits per heavy atom. The number of nitrogens with zero attached hydrogens (tertiary/aromatic N) is 2. The molecule has 0 atom stereocenters. The molecule has 0 aliphatic carbocycles. The van der Waals surface area contributed by atoms with Gasteiger partial charge in [-0.2, -0.15) is 0 Å². The van der Waals surface area contributed by atoms with Crippen molar-refractivity contribution in [1.29, 1.82) is 0 Å². The third kappa shape index (κ3) is 4.86. The van der Waals surface area contributed by atoms with Crippen LogP contribution in [0.4, 0.5) is 8.78 Å². The molecule has 8 nitrogen and oxygen atoms in total. The van der Waals surface area contributed by atoms with E-state index in [-0.39, 0.29) is 22.4 Å². The van der Waals surface area contributed by atoms with Crippen molar-refractivity contribution in [1.82, 2.24) is 9.72 Å². The number of rotatable bonds is 9. The number of aromatic hydroxyl groups is 1. The third-order valence-electron chi connectivity index (χ3n) is 7.33. The van der Waals surface area contributed by atoms with Gasteiger partial charge in [0, 0.05) is 34.0 Å². The number of phenols is 1. The highest BCUT2D eigenvalue weighted by molar-refractivity contribution is 6.04. The van der Waals surface area contributed by atoms with E-state index in [1.807, 2.05) is 18.4 Å². The Balaban J connectivity index is 1.89. The standard InChI is InChI=1S/C31H28F2N2O6/c1-31(2,12-11-17-15-34-41-16-17)29-26(18-5-7-20(30(37)38)24(13-18)39-3)27-23(10-9-22(33)28(27)36)35(29)19-6-8-21(32)25(14-19)40-4/h5-10,13-16,36H,11-12H2,1-4H3,(H,37,38). The van der Waals surface area contributed by atoms with Crippen molar-refractivity contribution in [3.05, 3.63) is 89.4 Å². The number of aryl methyl sites for hydroxylation is 1. The van der Waals surface area contributed by atoms with E-state index >= 15 is 0 Å². The van der Waals surface area contributed by atoms with Crippen LogP contribution in [0.2, 0.25) is 0 Å². The topological polar surface area (TPSA) is 107 Å². The second kappa shape index (κ2) is 10.6. The number of carbonyl (C=O) groups is 1. The molecule has 0 saturated heterocycles. The zero-order valence-corrected chi connectivity index (χ0v) is 22.9. The van der Waals surface area contributed by atoms with Crippen LogP contribution in [0, 0.1) is 11.6 Å². The van der Waals surface area contributed by atoms with Crippen molar-refractivity contribution in [3.8, 4) is 34.1 Å². The van der Waals surface area contributed by atoms with Crippen molar-refractivity contribution in [2.75, 3.05) is 14.2 Å². The first-order valence-corrected chi connectivity index (χ1v) is 12.8. The maximum Gasteiger partial charge on any atom is 0.339 e. The first-order valence-electron chi connectivity index (χ1n) is 12.8. The largest absolute Gasteiger partial charge is 0.504 e.